The summed E-state index contributed by atoms with van der Waals surface area (Å²) in [5.74, 6) is 5.00. The van der Waals surface area contributed by atoms with E-state index in [2.05, 4.69) is 9.82 Å². The van der Waals surface area contributed by atoms with E-state index in [1.165, 1.54) is 0 Å². The minimum atomic E-state index is -3.82. The third kappa shape index (κ3) is 4.76. The van der Waals surface area contributed by atoms with Gasteiger partial charge in [-0.25, -0.2) is 8.42 Å². The molecule has 0 bridgehead atoms. The number of fused-ring (bicyclic) bond motifs is 1. The Morgan fingerprint density at radius 3 is 2.68 bits per heavy atom. The van der Waals surface area contributed by atoms with E-state index in [-0.39, 0.29) is 10.8 Å². The molecule has 1 aliphatic rings. The average molecular weight is 437 g/mol. The summed E-state index contributed by atoms with van der Waals surface area (Å²) < 4.78 is 28.5. The van der Waals surface area contributed by atoms with Crippen LogP contribution in [-0.2, 0) is 21.4 Å². The molecule has 1 aliphatic heterocycles. The number of nitrogens with zero attached hydrogens (tertiary/aromatic N) is 2. The number of piperidine rings is 1. The van der Waals surface area contributed by atoms with E-state index in [1.54, 1.807) is 29.3 Å². The Labute approximate surface area is 181 Å². The fraction of sp³-hybridized carbons (Fsp3) is 0.217. The van der Waals surface area contributed by atoms with Crippen LogP contribution in [0.1, 0.15) is 24.0 Å². The Kier molecular flexibility index (Phi) is 6.01. The SMILES string of the molecule is NN=Cc1cccc(CN2CCCC(NS(=O)(=O)c3ccc4ccccc4c3)C2=O)c1. The molecule has 0 saturated carbocycles. The first-order valence-corrected chi connectivity index (χ1v) is 11.6. The molecule has 1 atom stereocenters. The third-order valence-corrected chi connectivity index (χ3v) is 6.88. The number of hydrogen-bond donors (Lipinski definition) is 2. The summed E-state index contributed by atoms with van der Waals surface area (Å²) in [7, 11) is -3.82. The Hall–Kier alpha value is -3.23. The Balaban J connectivity index is 1.50. The number of amides is 1. The molecule has 1 fully saturated rings. The summed E-state index contributed by atoms with van der Waals surface area (Å²) in [5, 5.41) is 5.32. The molecule has 4 rings (SSSR count). The number of carbonyl (C=O) groups is 1. The number of sulfonamides is 1. The highest BCUT2D eigenvalue weighted by molar-refractivity contribution is 7.89. The van der Waals surface area contributed by atoms with Crippen LogP contribution >= 0.6 is 0 Å². The molecule has 0 spiro atoms. The molecule has 3 N–H and O–H groups in total. The van der Waals surface area contributed by atoms with Crippen molar-refractivity contribution in [3.05, 3.63) is 77.9 Å². The van der Waals surface area contributed by atoms with E-state index in [0.29, 0.717) is 19.5 Å². The van der Waals surface area contributed by atoms with Crippen LogP contribution < -0.4 is 10.6 Å². The van der Waals surface area contributed by atoms with Crippen molar-refractivity contribution in [1.29, 1.82) is 0 Å². The van der Waals surface area contributed by atoms with Crippen LogP contribution in [0.2, 0.25) is 0 Å². The molecular formula is C23H24N4O3S. The van der Waals surface area contributed by atoms with Crippen LogP contribution in [0.15, 0.2) is 76.7 Å². The van der Waals surface area contributed by atoms with Crippen LogP contribution in [0.5, 0.6) is 0 Å². The molecular weight excluding hydrogens is 412 g/mol. The lowest BCUT2D eigenvalue weighted by atomic mass is 10.0. The van der Waals surface area contributed by atoms with Crippen LogP contribution in [0.25, 0.3) is 10.8 Å². The van der Waals surface area contributed by atoms with Gasteiger partial charge in [0.2, 0.25) is 15.9 Å². The Bertz CT molecular complexity index is 1240. The molecule has 0 aliphatic carbocycles. The van der Waals surface area contributed by atoms with Crippen molar-refractivity contribution in [2.45, 2.75) is 30.3 Å². The van der Waals surface area contributed by atoms with E-state index in [0.717, 1.165) is 28.3 Å². The number of carbonyl (C=O) groups excluding carboxylic acids is 1. The number of hydrazone groups is 1. The van der Waals surface area contributed by atoms with Gasteiger partial charge in [0.25, 0.3) is 0 Å². The quantitative estimate of drug-likeness (QED) is 0.352. The van der Waals surface area contributed by atoms with E-state index in [1.807, 2.05) is 48.5 Å². The highest BCUT2D eigenvalue weighted by Crippen LogP contribution is 2.21. The summed E-state index contributed by atoms with van der Waals surface area (Å²) in [5.41, 5.74) is 1.78. The molecule has 1 unspecified atom stereocenters. The third-order valence-electron chi connectivity index (χ3n) is 5.41. The first-order chi connectivity index (χ1) is 15.0. The second-order valence-electron chi connectivity index (χ2n) is 7.61. The van der Waals surface area contributed by atoms with Crippen LogP contribution in [-0.4, -0.2) is 38.0 Å². The normalized spacial score (nSPS) is 17.5. The number of nitrogens with one attached hydrogen (secondary N) is 1. The fourth-order valence-corrected chi connectivity index (χ4v) is 5.13. The Morgan fingerprint density at radius 1 is 1.06 bits per heavy atom. The first-order valence-electron chi connectivity index (χ1n) is 10.1. The molecule has 31 heavy (non-hydrogen) atoms. The number of benzene rings is 3. The largest absolute Gasteiger partial charge is 0.337 e. The molecule has 3 aromatic carbocycles. The van der Waals surface area contributed by atoms with Gasteiger partial charge in [0.05, 0.1) is 11.1 Å². The highest BCUT2D eigenvalue weighted by Gasteiger charge is 2.32. The summed E-state index contributed by atoms with van der Waals surface area (Å²) in [6.07, 6.45) is 2.74. The van der Waals surface area contributed by atoms with Gasteiger partial charge in [-0.3, -0.25) is 4.79 Å². The van der Waals surface area contributed by atoms with E-state index < -0.39 is 16.1 Å². The number of nitrogens with two attached hydrogens (primary N) is 1. The summed E-state index contributed by atoms with van der Waals surface area (Å²) in [6, 6.07) is 19.3. The monoisotopic (exact) mass is 436 g/mol. The molecule has 8 heteroatoms. The lowest BCUT2D eigenvalue weighted by molar-refractivity contribution is -0.136. The Morgan fingerprint density at radius 2 is 1.87 bits per heavy atom. The second-order valence-corrected chi connectivity index (χ2v) is 9.32. The van der Waals surface area contributed by atoms with Crippen LogP contribution in [0.3, 0.4) is 0 Å². The number of likely N-dealkylation sites (tertiary alicyclic amines) is 1. The van der Waals surface area contributed by atoms with Gasteiger partial charge >= 0.3 is 0 Å². The summed E-state index contributed by atoms with van der Waals surface area (Å²) in [4.78, 5) is 14.9. The zero-order valence-corrected chi connectivity index (χ0v) is 17.8. The lowest BCUT2D eigenvalue weighted by Crippen LogP contribution is -2.51. The van der Waals surface area contributed by atoms with E-state index in [4.69, 9.17) is 5.84 Å². The van der Waals surface area contributed by atoms with Gasteiger partial charge in [-0.2, -0.15) is 9.82 Å². The topological polar surface area (TPSA) is 105 Å². The molecule has 1 heterocycles. The molecule has 0 radical (unpaired) electrons. The zero-order valence-electron chi connectivity index (χ0n) is 16.9. The van der Waals surface area contributed by atoms with Crippen LogP contribution in [0.4, 0.5) is 0 Å². The van der Waals surface area contributed by atoms with Crippen molar-refractivity contribution in [3.63, 3.8) is 0 Å². The maximum absolute atomic E-state index is 13.0. The van der Waals surface area contributed by atoms with Gasteiger partial charge in [-0.1, -0.05) is 48.5 Å². The predicted molar refractivity (Wildman–Crippen MR) is 121 cm³/mol. The lowest BCUT2D eigenvalue weighted by Gasteiger charge is -2.32. The zero-order chi connectivity index (χ0) is 21.8. The van der Waals surface area contributed by atoms with Gasteiger partial charge < -0.3 is 10.7 Å². The predicted octanol–water partition coefficient (Wildman–Crippen LogP) is 2.60. The van der Waals surface area contributed by atoms with Gasteiger partial charge in [0.15, 0.2) is 0 Å². The van der Waals surface area contributed by atoms with Gasteiger partial charge in [0, 0.05) is 13.1 Å². The smallest absolute Gasteiger partial charge is 0.241 e. The maximum atomic E-state index is 13.0. The average Bonchev–Trinajstić information content (AvgIpc) is 2.76. The molecule has 1 saturated heterocycles. The maximum Gasteiger partial charge on any atom is 0.241 e. The van der Waals surface area contributed by atoms with E-state index in [9.17, 15) is 13.2 Å². The highest BCUT2D eigenvalue weighted by atomic mass is 32.2. The summed E-state index contributed by atoms with van der Waals surface area (Å²) in [6.45, 7) is 0.988. The number of rotatable bonds is 6. The van der Waals surface area contributed by atoms with E-state index >= 15 is 0 Å². The van der Waals surface area contributed by atoms with Crippen molar-refractivity contribution in [2.75, 3.05) is 6.54 Å². The summed E-state index contributed by atoms with van der Waals surface area (Å²) >= 11 is 0. The standard InChI is InChI=1S/C23H24N4O3S/c24-25-15-17-5-3-6-18(13-17)16-27-12-4-9-22(23(27)28)26-31(29,30)21-11-10-19-7-1-2-8-20(19)14-21/h1-3,5-8,10-11,13-15,22,26H,4,9,12,16,24H2. The van der Waals surface area contributed by atoms with Gasteiger partial charge in [-0.05, 0) is 52.9 Å². The second kappa shape index (κ2) is 8.87. The molecule has 1 amide bonds. The molecule has 0 aromatic heterocycles. The van der Waals surface area contributed by atoms with Crippen molar-refractivity contribution in [3.8, 4) is 0 Å². The minimum absolute atomic E-state index is 0.157. The van der Waals surface area contributed by atoms with Gasteiger partial charge in [0.1, 0.15) is 6.04 Å². The number of hydrogen-bond acceptors (Lipinski definition) is 5. The van der Waals surface area contributed by atoms with Crippen molar-refractivity contribution < 1.29 is 13.2 Å². The fourth-order valence-electron chi connectivity index (χ4n) is 3.87. The molecule has 7 nitrogen and oxygen atoms in total. The van der Waals surface area contributed by atoms with Crippen molar-refractivity contribution >= 4 is 32.9 Å². The minimum Gasteiger partial charge on any atom is -0.337 e. The molecule has 3 aromatic rings. The van der Waals surface area contributed by atoms with Gasteiger partial charge in [-0.15, -0.1) is 0 Å². The first kappa shape index (κ1) is 21.0. The van der Waals surface area contributed by atoms with Crippen molar-refractivity contribution in [1.82, 2.24) is 9.62 Å². The van der Waals surface area contributed by atoms with Crippen LogP contribution in [0, 0.1) is 0 Å². The van der Waals surface area contributed by atoms with Crippen molar-refractivity contribution in [2.24, 2.45) is 10.9 Å². The molecule has 160 valence electrons.